The molecule has 1 unspecified atom stereocenters. The number of imidazole rings is 1. The Balaban J connectivity index is 2.03. The van der Waals surface area contributed by atoms with Crippen molar-refractivity contribution in [2.75, 3.05) is 26.0 Å². The summed E-state index contributed by atoms with van der Waals surface area (Å²) in [5, 5.41) is 3.52. The summed E-state index contributed by atoms with van der Waals surface area (Å²) in [6.45, 7) is 5.25. The highest BCUT2D eigenvalue weighted by molar-refractivity contribution is 5.30. The highest BCUT2D eigenvalue weighted by Gasteiger charge is 2.19. The van der Waals surface area contributed by atoms with E-state index in [1.165, 1.54) is 32.1 Å². The number of aromatic nitrogens is 2. The van der Waals surface area contributed by atoms with E-state index in [1.54, 1.807) is 0 Å². The lowest BCUT2D eigenvalue weighted by Crippen LogP contribution is -2.32. The highest BCUT2D eigenvalue weighted by Crippen LogP contribution is 2.30. The average molecular weight is 264 g/mol. The van der Waals surface area contributed by atoms with Crippen LogP contribution in [0.4, 0.5) is 5.95 Å². The second-order valence-electron chi connectivity index (χ2n) is 6.10. The van der Waals surface area contributed by atoms with Crippen LogP contribution in [-0.2, 0) is 0 Å². The van der Waals surface area contributed by atoms with Gasteiger partial charge in [-0.25, -0.2) is 4.98 Å². The van der Waals surface area contributed by atoms with E-state index in [0.717, 1.165) is 18.2 Å². The maximum atomic E-state index is 4.65. The number of aryl methyl sites for hydroxylation is 1. The van der Waals surface area contributed by atoms with Crippen molar-refractivity contribution in [3.63, 3.8) is 0 Å². The summed E-state index contributed by atoms with van der Waals surface area (Å²) in [7, 11) is 4.23. The highest BCUT2D eigenvalue weighted by atomic mass is 15.2. The zero-order valence-electron chi connectivity index (χ0n) is 12.8. The molecule has 1 atom stereocenters. The Labute approximate surface area is 117 Å². The van der Waals surface area contributed by atoms with Crippen molar-refractivity contribution in [2.24, 2.45) is 0 Å². The molecule has 0 aliphatic heterocycles. The number of hydrogen-bond acceptors (Lipinski definition) is 3. The molecule has 1 aromatic heterocycles. The first-order valence-electron chi connectivity index (χ1n) is 7.53. The van der Waals surface area contributed by atoms with E-state index >= 15 is 0 Å². The number of rotatable bonds is 5. The van der Waals surface area contributed by atoms with Gasteiger partial charge in [-0.2, -0.15) is 0 Å². The maximum absolute atomic E-state index is 4.65. The van der Waals surface area contributed by atoms with Crippen LogP contribution in [-0.4, -0.2) is 41.1 Å². The molecule has 1 aliphatic rings. The quantitative estimate of drug-likeness (QED) is 0.887. The number of hydrogen-bond donors (Lipinski definition) is 1. The van der Waals surface area contributed by atoms with Crippen LogP contribution in [0, 0.1) is 6.92 Å². The van der Waals surface area contributed by atoms with Gasteiger partial charge in [0.25, 0.3) is 0 Å². The predicted molar refractivity (Wildman–Crippen MR) is 80.7 cm³/mol. The molecule has 0 spiro atoms. The number of anilines is 1. The lowest BCUT2D eigenvalue weighted by Gasteiger charge is -2.26. The normalized spacial score (nSPS) is 18.8. The Morgan fingerprint density at radius 2 is 2.05 bits per heavy atom. The molecule has 0 amide bonds. The van der Waals surface area contributed by atoms with Crippen molar-refractivity contribution >= 4 is 5.95 Å². The molecule has 4 nitrogen and oxygen atoms in total. The molecular formula is C15H28N4. The summed E-state index contributed by atoms with van der Waals surface area (Å²) in [5.41, 5.74) is 1.12. The molecule has 19 heavy (non-hydrogen) atoms. The molecule has 1 aromatic rings. The Hall–Kier alpha value is -1.03. The van der Waals surface area contributed by atoms with E-state index < -0.39 is 0 Å². The summed E-state index contributed by atoms with van der Waals surface area (Å²) < 4.78 is 2.37. The van der Waals surface area contributed by atoms with Crippen LogP contribution in [0.2, 0.25) is 0 Å². The monoisotopic (exact) mass is 264 g/mol. The first-order valence-corrected chi connectivity index (χ1v) is 7.53. The van der Waals surface area contributed by atoms with E-state index in [1.807, 2.05) is 0 Å². The van der Waals surface area contributed by atoms with Crippen LogP contribution in [0.25, 0.3) is 0 Å². The van der Waals surface area contributed by atoms with Gasteiger partial charge < -0.3 is 14.8 Å². The van der Waals surface area contributed by atoms with Crippen LogP contribution in [0.3, 0.4) is 0 Å². The molecule has 1 saturated carbocycles. The lowest BCUT2D eigenvalue weighted by atomic mass is 9.95. The molecule has 1 fully saturated rings. The molecule has 1 aliphatic carbocycles. The van der Waals surface area contributed by atoms with E-state index in [4.69, 9.17) is 0 Å². The molecule has 0 aromatic carbocycles. The van der Waals surface area contributed by atoms with E-state index in [9.17, 15) is 0 Å². The molecule has 1 heterocycles. The Kier molecular flexibility index (Phi) is 4.86. The van der Waals surface area contributed by atoms with Crippen molar-refractivity contribution in [3.05, 3.63) is 11.9 Å². The fourth-order valence-electron chi connectivity index (χ4n) is 2.71. The number of nitrogens with zero attached hydrogens (tertiary/aromatic N) is 3. The molecule has 0 bridgehead atoms. The number of likely N-dealkylation sites (N-methyl/N-ethyl adjacent to an activating group) is 1. The zero-order chi connectivity index (χ0) is 13.8. The minimum absolute atomic E-state index is 0.511. The van der Waals surface area contributed by atoms with Crippen LogP contribution in [0.5, 0.6) is 0 Å². The predicted octanol–water partition coefficient (Wildman–Crippen LogP) is 3.06. The van der Waals surface area contributed by atoms with Crippen molar-refractivity contribution < 1.29 is 0 Å². The van der Waals surface area contributed by atoms with Crippen LogP contribution in [0.15, 0.2) is 6.20 Å². The number of nitrogens with one attached hydrogen (secondary N) is 1. The first-order chi connectivity index (χ1) is 9.08. The second-order valence-corrected chi connectivity index (χ2v) is 6.10. The standard InChI is InChI=1S/C15H28N4/c1-12-11-19(14-8-6-5-7-9-14)15(17-12)16-10-13(2)18(3)4/h11,13-14H,5-10H2,1-4H3,(H,16,17). The van der Waals surface area contributed by atoms with Crippen molar-refractivity contribution in [3.8, 4) is 0 Å². The molecule has 108 valence electrons. The zero-order valence-corrected chi connectivity index (χ0v) is 12.8. The third-order valence-corrected chi connectivity index (χ3v) is 4.26. The van der Waals surface area contributed by atoms with E-state index in [-0.39, 0.29) is 0 Å². The van der Waals surface area contributed by atoms with Crippen molar-refractivity contribution in [2.45, 2.75) is 58.0 Å². The summed E-state index contributed by atoms with van der Waals surface area (Å²) in [5.74, 6) is 1.05. The fraction of sp³-hybridized carbons (Fsp3) is 0.800. The van der Waals surface area contributed by atoms with E-state index in [0.29, 0.717) is 12.1 Å². The van der Waals surface area contributed by atoms with Gasteiger partial charge in [0.2, 0.25) is 5.95 Å². The fourth-order valence-corrected chi connectivity index (χ4v) is 2.71. The summed E-state index contributed by atoms with van der Waals surface area (Å²) in [4.78, 5) is 6.88. The van der Waals surface area contributed by atoms with Crippen molar-refractivity contribution in [1.29, 1.82) is 0 Å². The van der Waals surface area contributed by atoms with Gasteiger partial charge in [0.1, 0.15) is 0 Å². The van der Waals surface area contributed by atoms with Gasteiger partial charge in [0.15, 0.2) is 0 Å². The van der Waals surface area contributed by atoms with Gasteiger partial charge in [-0.1, -0.05) is 19.3 Å². The SMILES string of the molecule is Cc1cn(C2CCCCC2)c(NCC(C)N(C)C)n1. The minimum atomic E-state index is 0.511. The van der Waals surface area contributed by atoms with Gasteiger partial charge in [-0.3, -0.25) is 0 Å². The van der Waals surface area contributed by atoms with Gasteiger partial charge in [-0.05, 0) is 40.8 Å². The Bertz CT molecular complexity index is 391. The molecule has 0 radical (unpaired) electrons. The van der Waals surface area contributed by atoms with E-state index in [2.05, 4.69) is 53.9 Å². The Morgan fingerprint density at radius 3 is 2.68 bits per heavy atom. The summed E-state index contributed by atoms with van der Waals surface area (Å²) in [6.07, 6.45) is 8.91. The molecule has 2 rings (SSSR count). The largest absolute Gasteiger partial charge is 0.354 e. The van der Waals surface area contributed by atoms with Crippen LogP contribution < -0.4 is 5.32 Å². The molecule has 4 heteroatoms. The van der Waals surface area contributed by atoms with Crippen molar-refractivity contribution in [1.82, 2.24) is 14.5 Å². The van der Waals surface area contributed by atoms with Gasteiger partial charge in [-0.15, -0.1) is 0 Å². The first kappa shape index (κ1) is 14.4. The summed E-state index contributed by atoms with van der Waals surface area (Å²) >= 11 is 0. The maximum Gasteiger partial charge on any atom is 0.203 e. The van der Waals surface area contributed by atoms with Gasteiger partial charge in [0.05, 0.1) is 5.69 Å². The lowest BCUT2D eigenvalue weighted by molar-refractivity contribution is 0.323. The second kappa shape index (κ2) is 6.42. The molecular weight excluding hydrogens is 236 g/mol. The van der Waals surface area contributed by atoms with Crippen LogP contribution in [0.1, 0.15) is 50.8 Å². The average Bonchev–Trinajstić information content (AvgIpc) is 2.78. The van der Waals surface area contributed by atoms with Gasteiger partial charge in [0, 0.05) is 24.8 Å². The smallest absolute Gasteiger partial charge is 0.203 e. The topological polar surface area (TPSA) is 33.1 Å². The third-order valence-electron chi connectivity index (χ3n) is 4.26. The Morgan fingerprint density at radius 1 is 1.37 bits per heavy atom. The molecule has 1 N–H and O–H groups in total. The van der Waals surface area contributed by atoms with Gasteiger partial charge >= 0.3 is 0 Å². The molecule has 0 saturated heterocycles. The minimum Gasteiger partial charge on any atom is -0.354 e. The van der Waals surface area contributed by atoms with Crippen LogP contribution >= 0.6 is 0 Å². The summed E-state index contributed by atoms with van der Waals surface area (Å²) in [6, 6.07) is 1.16. The third kappa shape index (κ3) is 3.72.